The van der Waals surface area contributed by atoms with Gasteiger partial charge in [0.15, 0.2) is 0 Å². The molecule has 0 unspecified atom stereocenters. The van der Waals surface area contributed by atoms with Gasteiger partial charge in [0, 0.05) is 0 Å². The van der Waals surface area contributed by atoms with Gasteiger partial charge in [0.2, 0.25) is 0 Å². The molecule has 0 fully saturated rings. The average molecular weight is 293 g/mol. The standard InChI is InChI=1S/C7H14O2S.C5H9NS.CH4/c1-5-9-6(8)7(2,3)10-4;1-5(2,4-6)7-3;/h5H2,1-4H3;1-3H3;1H4. The fourth-order valence-electron chi connectivity index (χ4n) is 0.434. The van der Waals surface area contributed by atoms with Crippen LogP contribution in [0, 0.1) is 11.3 Å². The second kappa shape index (κ2) is 10.6. The highest BCUT2D eigenvalue weighted by molar-refractivity contribution is 8.00. The number of hydrogen-bond acceptors (Lipinski definition) is 5. The van der Waals surface area contributed by atoms with Gasteiger partial charge in [-0.05, 0) is 47.1 Å². The zero-order valence-corrected chi connectivity index (χ0v) is 13.4. The lowest BCUT2D eigenvalue weighted by atomic mass is 10.2. The van der Waals surface area contributed by atoms with Crippen LogP contribution in [-0.4, -0.2) is 34.6 Å². The molecule has 3 nitrogen and oxygen atoms in total. The fraction of sp³-hybridized carbons (Fsp3) is 0.846. The molecule has 0 radical (unpaired) electrons. The van der Waals surface area contributed by atoms with Gasteiger partial charge < -0.3 is 4.74 Å². The number of esters is 1. The van der Waals surface area contributed by atoms with Gasteiger partial charge in [-0.15, -0.1) is 23.5 Å². The minimum Gasteiger partial charge on any atom is -0.465 e. The van der Waals surface area contributed by atoms with Gasteiger partial charge in [0.25, 0.3) is 0 Å². The van der Waals surface area contributed by atoms with E-state index in [0.29, 0.717) is 6.61 Å². The van der Waals surface area contributed by atoms with E-state index in [1.807, 2.05) is 47.1 Å². The second-order valence-electron chi connectivity index (χ2n) is 4.26. The van der Waals surface area contributed by atoms with Crippen molar-refractivity contribution in [2.45, 2.75) is 51.5 Å². The molecule has 0 saturated heterocycles. The number of nitriles is 1. The molecule has 5 heteroatoms. The zero-order valence-electron chi connectivity index (χ0n) is 11.8. The lowest BCUT2D eigenvalue weighted by Gasteiger charge is -2.18. The smallest absolute Gasteiger partial charge is 0.321 e. The highest BCUT2D eigenvalue weighted by Crippen LogP contribution is 2.22. The Balaban J connectivity index is -0.000000251. The van der Waals surface area contributed by atoms with Gasteiger partial charge in [-0.2, -0.15) is 5.26 Å². The Morgan fingerprint density at radius 2 is 1.67 bits per heavy atom. The van der Waals surface area contributed by atoms with Crippen LogP contribution < -0.4 is 0 Å². The Labute approximate surface area is 121 Å². The van der Waals surface area contributed by atoms with Crippen molar-refractivity contribution in [1.82, 2.24) is 0 Å². The van der Waals surface area contributed by atoms with E-state index in [0.717, 1.165) is 0 Å². The molecule has 18 heavy (non-hydrogen) atoms. The summed E-state index contributed by atoms with van der Waals surface area (Å²) in [6.07, 6.45) is 3.83. The summed E-state index contributed by atoms with van der Waals surface area (Å²) < 4.78 is 4.25. The lowest BCUT2D eigenvalue weighted by molar-refractivity contribution is -0.145. The summed E-state index contributed by atoms with van der Waals surface area (Å²) in [6, 6.07) is 2.15. The van der Waals surface area contributed by atoms with Crippen LogP contribution in [0.5, 0.6) is 0 Å². The molecule has 0 bridgehead atoms. The van der Waals surface area contributed by atoms with Crippen molar-refractivity contribution in [1.29, 1.82) is 5.26 Å². The topological polar surface area (TPSA) is 50.1 Å². The predicted octanol–water partition coefficient (Wildman–Crippen LogP) is 3.98. The summed E-state index contributed by atoms with van der Waals surface area (Å²) in [4.78, 5) is 11.1. The fourth-order valence-corrected chi connectivity index (χ4v) is 0.751. The van der Waals surface area contributed by atoms with Crippen LogP contribution in [0.1, 0.15) is 42.0 Å². The molecule has 0 aromatic carbocycles. The van der Waals surface area contributed by atoms with Crippen LogP contribution in [-0.2, 0) is 9.53 Å². The van der Waals surface area contributed by atoms with Crippen molar-refractivity contribution >= 4 is 29.5 Å². The van der Waals surface area contributed by atoms with Crippen LogP contribution in [0.3, 0.4) is 0 Å². The Morgan fingerprint density at radius 1 is 1.22 bits per heavy atom. The third-order valence-corrected chi connectivity index (χ3v) is 4.36. The monoisotopic (exact) mass is 293 g/mol. The van der Waals surface area contributed by atoms with Crippen LogP contribution in [0.2, 0.25) is 0 Å². The molecule has 0 N–H and O–H groups in total. The van der Waals surface area contributed by atoms with E-state index in [9.17, 15) is 4.79 Å². The van der Waals surface area contributed by atoms with Crippen molar-refractivity contribution in [2.24, 2.45) is 0 Å². The van der Waals surface area contributed by atoms with Crippen molar-refractivity contribution < 1.29 is 9.53 Å². The predicted molar refractivity (Wildman–Crippen MR) is 84.2 cm³/mol. The molecule has 0 atom stereocenters. The molecule has 0 saturated carbocycles. The molecule has 0 spiro atoms. The van der Waals surface area contributed by atoms with Crippen molar-refractivity contribution in [3.63, 3.8) is 0 Å². The number of ether oxygens (including phenoxy) is 1. The Kier molecular flexibility index (Phi) is 13.4. The molecule has 0 amide bonds. The van der Waals surface area contributed by atoms with Gasteiger partial charge >= 0.3 is 5.97 Å². The third kappa shape index (κ3) is 10.8. The molecule has 0 aliphatic rings. The van der Waals surface area contributed by atoms with Crippen LogP contribution in [0.15, 0.2) is 0 Å². The van der Waals surface area contributed by atoms with E-state index >= 15 is 0 Å². The van der Waals surface area contributed by atoms with Crippen LogP contribution >= 0.6 is 23.5 Å². The van der Waals surface area contributed by atoms with E-state index in [2.05, 4.69) is 6.07 Å². The summed E-state index contributed by atoms with van der Waals surface area (Å²) >= 11 is 3.07. The molecule has 0 rings (SSSR count). The van der Waals surface area contributed by atoms with Gasteiger partial charge in [-0.1, -0.05) is 7.43 Å². The van der Waals surface area contributed by atoms with Gasteiger partial charge in [-0.25, -0.2) is 0 Å². The molecular weight excluding hydrogens is 266 g/mol. The SMILES string of the molecule is C.CCOC(=O)C(C)(C)SC.CSC(C)(C)C#N. The van der Waals surface area contributed by atoms with E-state index in [1.54, 1.807) is 11.8 Å². The molecule has 108 valence electrons. The third-order valence-electron chi connectivity index (χ3n) is 2.06. The lowest BCUT2D eigenvalue weighted by Crippen LogP contribution is -2.29. The number of nitrogens with zero attached hydrogens (tertiary/aromatic N) is 1. The van der Waals surface area contributed by atoms with Crippen molar-refractivity contribution in [3.8, 4) is 6.07 Å². The van der Waals surface area contributed by atoms with E-state index in [1.165, 1.54) is 11.8 Å². The maximum absolute atomic E-state index is 11.1. The van der Waals surface area contributed by atoms with E-state index < -0.39 is 4.75 Å². The Bertz CT molecular complexity index is 271. The Morgan fingerprint density at radius 3 is 1.83 bits per heavy atom. The summed E-state index contributed by atoms with van der Waals surface area (Å²) in [7, 11) is 0. The van der Waals surface area contributed by atoms with E-state index in [-0.39, 0.29) is 18.1 Å². The maximum Gasteiger partial charge on any atom is 0.321 e. The molecule has 0 aliphatic heterocycles. The van der Waals surface area contributed by atoms with Gasteiger partial charge in [0.1, 0.15) is 4.75 Å². The summed E-state index contributed by atoms with van der Waals surface area (Å²) in [5, 5.41) is 8.32. The molecule has 0 aromatic rings. The molecule has 0 aromatic heterocycles. The quantitative estimate of drug-likeness (QED) is 0.734. The average Bonchev–Trinajstić information content (AvgIpc) is 2.30. The zero-order chi connectivity index (χ0) is 14.1. The molecule has 0 heterocycles. The first-order chi connectivity index (χ1) is 7.66. The first-order valence-corrected chi connectivity index (χ1v) is 7.80. The van der Waals surface area contributed by atoms with E-state index in [4.69, 9.17) is 10.00 Å². The van der Waals surface area contributed by atoms with Crippen LogP contribution in [0.4, 0.5) is 0 Å². The minimum absolute atomic E-state index is 0. The summed E-state index contributed by atoms with van der Waals surface area (Å²) in [5.41, 5.74) is 0. The van der Waals surface area contributed by atoms with Gasteiger partial charge in [-0.3, -0.25) is 4.79 Å². The summed E-state index contributed by atoms with van der Waals surface area (Å²) in [5.74, 6) is -0.137. The van der Waals surface area contributed by atoms with Crippen molar-refractivity contribution in [2.75, 3.05) is 19.1 Å². The van der Waals surface area contributed by atoms with Crippen molar-refractivity contribution in [3.05, 3.63) is 0 Å². The summed E-state index contributed by atoms with van der Waals surface area (Å²) in [6.45, 7) is 9.79. The number of hydrogen-bond donors (Lipinski definition) is 0. The minimum atomic E-state index is -0.393. The first kappa shape index (κ1) is 22.8. The number of carbonyl (C=O) groups is 1. The number of thioether (sulfide) groups is 2. The van der Waals surface area contributed by atoms with Crippen LogP contribution in [0.25, 0.3) is 0 Å². The molecule has 0 aliphatic carbocycles. The molecular formula is C13H27NO2S2. The number of carbonyl (C=O) groups excluding carboxylic acids is 1. The number of rotatable bonds is 4. The second-order valence-corrected chi connectivity index (χ2v) is 7.12. The Hall–Kier alpha value is -0.340. The normalized spacial score (nSPS) is 10.3. The highest BCUT2D eigenvalue weighted by atomic mass is 32.2. The highest BCUT2D eigenvalue weighted by Gasteiger charge is 2.27. The first-order valence-electron chi connectivity index (χ1n) is 5.35. The van der Waals surface area contributed by atoms with Gasteiger partial charge in [0.05, 0.1) is 17.4 Å². The maximum atomic E-state index is 11.1. The largest absolute Gasteiger partial charge is 0.465 e.